The zero-order valence-electron chi connectivity index (χ0n) is 11.3. The van der Waals surface area contributed by atoms with Crippen molar-refractivity contribution in [3.8, 4) is 0 Å². The summed E-state index contributed by atoms with van der Waals surface area (Å²) in [6.45, 7) is 1.81. The molecule has 0 unspecified atom stereocenters. The van der Waals surface area contributed by atoms with Crippen molar-refractivity contribution >= 4 is 36.5 Å². The Labute approximate surface area is 135 Å². The summed E-state index contributed by atoms with van der Waals surface area (Å²) in [4.78, 5) is 10.0. The summed E-state index contributed by atoms with van der Waals surface area (Å²) in [7, 11) is -4.11. The Balaban J connectivity index is 2.24. The predicted octanol–water partition coefficient (Wildman–Crippen LogP) is 2.81. The molecule has 2 aromatic rings. The van der Waals surface area contributed by atoms with Gasteiger partial charge < -0.3 is 0 Å². The van der Waals surface area contributed by atoms with E-state index >= 15 is 0 Å². The molecule has 22 heavy (non-hydrogen) atoms. The Hall–Kier alpha value is -1.56. The average molecular weight is 437 g/mol. The Bertz CT molecular complexity index is 790. The quantitative estimate of drug-likeness (QED) is 0.438. The van der Waals surface area contributed by atoms with Gasteiger partial charge in [0.1, 0.15) is 0 Å². The van der Waals surface area contributed by atoms with E-state index in [0.29, 0.717) is 0 Å². The van der Waals surface area contributed by atoms with E-state index in [-0.39, 0.29) is 14.2 Å². The van der Waals surface area contributed by atoms with Gasteiger partial charge in [0.2, 0.25) is 0 Å². The normalized spacial score (nSPS) is 12.0. The molecule has 0 atom stereocenters. The molecule has 1 N–H and O–H groups in total. The van der Waals surface area contributed by atoms with Gasteiger partial charge in [-0.1, -0.05) is 0 Å². The molecule has 0 radical (unpaired) electrons. The fraction of sp³-hybridized carbons (Fsp3) is 0.0769. The van der Waals surface area contributed by atoms with Crippen LogP contribution in [0.4, 0.5) is 5.69 Å². The van der Waals surface area contributed by atoms with Gasteiger partial charge >= 0.3 is 135 Å². The van der Waals surface area contributed by atoms with Crippen molar-refractivity contribution in [2.24, 2.45) is 0 Å². The van der Waals surface area contributed by atoms with Crippen LogP contribution in [0.5, 0.6) is 0 Å². The number of benzene rings is 2. The number of aryl methyl sites for hydroxylation is 1. The van der Waals surface area contributed by atoms with E-state index in [1.165, 1.54) is 30.3 Å². The van der Waals surface area contributed by atoms with Crippen molar-refractivity contribution in [1.29, 1.82) is 0 Å². The molecular formula is C13H12INO6S. The van der Waals surface area contributed by atoms with Crippen LogP contribution in [0.3, 0.4) is 0 Å². The summed E-state index contributed by atoms with van der Waals surface area (Å²) in [5, 5.41) is 10.7. The third kappa shape index (κ3) is 4.00. The fourth-order valence-electron chi connectivity index (χ4n) is 1.55. The summed E-state index contributed by atoms with van der Waals surface area (Å²) < 4.78 is 39.1. The first kappa shape index (κ1) is 16.8. The number of nitro groups is 1. The molecule has 2 aromatic carbocycles. The molecule has 9 heteroatoms. The van der Waals surface area contributed by atoms with Gasteiger partial charge in [-0.15, -0.1) is 0 Å². The second-order valence-electron chi connectivity index (χ2n) is 4.30. The summed E-state index contributed by atoms with van der Waals surface area (Å²) in [6.07, 6.45) is 0. The van der Waals surface area contributed by atoms with Gasteiger partial charge in [-0.2, -0.15) is 0 Å². The minimum atomic E-state index is -4.11. The number of halogens is 1. The Morgan fingerprint density at radius 2 is 1.82 bits per heavy atom. The van der Waals surface area contributed by atoms with Crippen LogP contribution in [0.2, 0.25) is 0 Å². The van der Waals surface area contributed by atoms with Crippen molar-refractivity contribution in [1.82, 2.24) is 0 Å². The van der Waals surface area contributed by atoms with Gasteiger partial charge in [0, 0.05) is 0 Å². The van der Waals surface area contributed by atoms with Gasteiger partial charge in [-0.05, 0) is 0 Å². The molecule has 0 saturated heterocycles. The van der Waals surface area contributed by atoms with Crippen LogP contribution in [0, 0.1) is 20.6 Å². The van der Waals surface area contributed by atoms with Crippen molar-refractivity contribution in [3.05, 3.63) is 67.8 Å². The van der Waals surface area contributed by atoms with Gasteiger partial charge in [0.25, 0.3) is 0 Å². The van der Waals surface area contributed by atoms with E-state index in [1.54, 1.807) is 12.1 Å². The molecule has 0 fully saturated rings. The standard InChI is InChI=1S/C13H12INO6S/c1-10-5-7-13(8-6-10)22(19,20)21-14(16)11-3-2-4-12(9-11)15(17)18/h2-9,16H,1H3. The van der Waals surface area contributed by atoms with Crippen LogP contribution in [0.1, 0.15) is 5.56 Å². The first-order valence-electron chi connectivity index (χ1n) is 5.95. The zero-order valence-corrected chi connectivity index (χ0v) is 14.3. The van der Waals surface area contributed by atoms with Crippen LogP contribution in [0.25, 0.3) is 0 Å². The molecule has 0 bridgehead atoms. The predicted molar refractivity (Wildman–Crippen MR) is 87.5 cm³/mol. The van der Waals surface area contributed by atoms with E-state index in [4.69, 9.17) is 2.51 Å². The fourth-order valence-corrected chi connectivity index (χ4v) is 6.01. The van der Waals surface area contributed by atoms with Gasteiger partial charge in [-0.25, -0.2) is 0 Å². The SMILES string of the molecule is Cc1ccc(S(=O)(=O)OI(O)c2cccc([N+](=O)[O-])c2)cc1. The number of nitro benzene ring substituents is 1. The molecule has 7 nitrogen and oxygen atoms in total. The molecule has 0 heterocycles. The van der Waals surface area contributed by atoms with Gasteiger partial charge in [-0.3, -0.25) is 0 Å². The van der Waals surface area contributed by atoms with Crippen molar-refractivity contribution in [3.63, 3.8) is 0 Å². The molecule has 0 spiro atoms. The number of nitrogens with zero attached hydrogens (tertiary/aromatic N) is 1. The van der Waals surface area contributed by atoms with Crippen LogP contribution in [0.15, 0.2) is 53.4 Å². The first-order chi connectivity index (χ1) is 10.3. The van der Waals surface area contributed by atoms with Crippen LogP contribution in [-0.2, 0) is 12.6 Å². The second-order valence-corrected chi connectivity index (χ2v) is 9.44. The van der Waals surface area contributed by atoms with Crippen LogP contribution >= 0.6 is 20.6 Å². The van der Waals surface area contributed by atoms with E-state index in [0.717, 1.165) is 11.6 Å². The molecule has 0 aliphatic rings. The summed E-state index contributed by atoms with van der Waals surface area (Å²) >= 11 is -3.52. The topological polar surface area (TPSA) is 107 Å². The molecule has 0 amide bonds. The van der Waals surface area contributed by atoms with Crippen molar-refractivity contribution in [2.75, 3.05) is 0 Å². The van der Waals surface area contributed by atoms with E-state index in [2.05, 4.69) is 0 Å². The van der Waals surface area contributed by atoms with Gasteiger partial charge in [0.05, 0.1) is 0 Å². The third-order valence-corrected chi connectivity index (χ3v) is 7.97. The number of hydrogen-bond acceptors (Lipinski definition) is 6. The first-order valence-corrected chi connectivity index (χ1v) is 10.3. The van der Waals surface area contributed by atoms with E-state index < -0.39 is 35.7 Å². The second kappa shape index (κ2) is 6.69. The molecular weight excluding hydrogens is 425 g/mol. The summed E-state index contributed by atoms with van der Waals surface area (Å²) in [5.74, 6) is 0. The molecule has 118 valence electrons. The number of rotatable bonds is 5. The van der Waals surface area contributed by atoms with E-state index in [1.807, 2.05) is 6.92 Å². The Kier molecular flexibility index (Phi) is 5.11. The molecule has 2 rings (SSSR count). The monoisotopic (exact) mass is 437 g/mol. The zero-order chi connectivity index (χ0) is 16.3. The van der Waals surface area contributed by atoms with Crippen molar-refractivity contribution < 1.29 is 19.3 Å². The number of non-ortho nitro benzene ring substituents is 1. The summed E-state index contributed by atoms with van der Waals surface area (Å²) in [6, 6.07) is 11.1. The van der Waals surface area contributed by atoms with Crippen LogP contribution < -0.4 is 0 Å². The Morgan fingerprint density at radius 1 is 1.18 bits per heavy atom. The van der Waals surface area contributed by atoms with E-state index in [9.17, 15) is 22.0 Å². The molecule has 0 aromatic heterocycles. The Morgan fingerprint density at radius 3 is 2.41 bits per heavy atom. The third-order valence-electron chi connectivity index (χ3n) is 2.66. The maximum atomic E-state index is 12.1. The summed E-state index contributed by atoms with van der Waals surface area (Å²) in [5.41, 5.74) is 0.655. The average Bonchev–Trinajstić information content (AvgIpc) is 2.47. The van der Waals surface area contributed by atoms with Gasteiger partial charge in [0.15, 0.2) is 0 Å². The minimum absolute atomic E-state index is 0.0696. The molecule has 0 aliphatic carbocycles. The number of hydrogen-bond donors (Lipinski definition) is 1. The molecule has 0 saturated carbocycles. The maximum absolute atomic E-state index is 12.1. The molecule has 0 aliphatic heterocycles. The van der Waals surface area contributed by atoms with Crippen LogP contribution in [-0.4, -0.2) is 16.8 Å². The van der Waals surface area contributed by atoms with Crippen molar-refractivity contribution in [2.45, 2.75) is 11.8 Å².